The van der Waals surface area contributed by atoms with E-state index in [1.807, 2.05) is 0 Å². The van der Waals surface area contributed by atoms with E-state index in [2.05, 4.69) is 10.6 Å². The minimum Gasteiger partial charge on any atom is -0.462 e. The molecule has 8 nitrogen and oxygen atoms in total. The van der Waals surface area contributed by atoms with Crippen LogP contribution in [0.1, 0.15) is 38.1 Å². The lowest BCUT2D eigenvalue weighted by molar-refractivity contribution is -0.142. The molecule has 0 unspecified atom stereocenters. The van der Waals surface area contributed by atoms with Gasteiger partial charge in [-0.3, -0.25) is 9.59 Å². The Morgan fingerprint density at radius 1 is 1.19 bits per heavy atom. The zero-order chi connectivity index (χ0) is 23.0. The van der Waals surface area contributed by atoms with Crippen LogP contribution in [0.2, 0.25) is 5.02 Å². The van der Waals surface area contributed by atoms with Gasteiger partial charge in [-0.2, -0.15) is 0 Å². The van der Waals surface area contributed by atoms with Crippen LogP contribution in [0.5, 0.6) is 0 Å². The van der Waals surface area contributed by atoms with Gasteiger partial charge >= 0.3 is 11.9 Å². The normalized spacial score (nSPS) is 10.6. The van der Waals surface area contributed by atoms with Gasteiger partial charge in [-0.05, 0) is 43.2 Å². The number of thiophene rings is 1. The highest BCUT2D eigenvalue weighted by Gasteiger charge is 2.26. The lowest BCUT2D eigenvalue weighted by Crippen LogP contribution is -2.21. The van der Waals surface area contributed by atoms with Crippen molar-refractivity contribution in [3.8, 4) is 0 Å². The first-order chi connectivity index (χ1) is 14.8. The van der Waals surface area contributed by atoms with E-state index in [4.69, 9.17) is 21.1 Å². The molecule has 1 aromatic carbocycles. The fraction of sp³-hybridized carbons (Fsp3) is 0.238. The molecule has 1 aromatic heterocycles. The van der Waals surface area contributed by atoms with Crippen molar-refractivity contribution in [2.24, 2.45) is 0 Å². The van der Waals surface area contributed by atoms with E-state index >= 15 is 0 Å². The fourth-order valence-electron chi connectivity index (χ4n) is 2.50. The summed E-state index contributed by atoms with van der Waals surface area (Å²) in [6.45, 7) is 2.79. The molecule has 2 N–H and O–H groups in total. The van der Waals surface area contributed by atoms with Crippen LogP contribution >= 0.6 is 22.9 Å². The van der Waals surface area contributed by atoms with E-state index in [9.17, 15) is 19.2 Å². The largest absolute Gasteiger partial charge is 0.462 e. The summed E-state index contributed by atoms with van der Waals surface area (Å²) in [6.07, 6.45) is 2.67. The van der Waals surface area contributed by atoms with Gasteiger partial charge < -0.3 is 20.1 Å². The van der Waals surface area contributed by atoms with E-state index in [1.54, 1.807) is 38.1 Å². The number of carbonyl (C=O) groups excluding carboxylic acids is 4. The molecular formula is C21H21ClN2O6S. The number of esters is 2. The predicted molar refractivity (Wildman–Crippen MR) is 118 cm³/mol. The van der Waals surface area contributed by atoms with Crippen molar-refractivity contribution < 1.29 is 28.7 Å². The second kappa shape index (κ2) is 11.3. The van der Waals surface area contributed by atoms with Crippen molar-refractivity contribution in [3.05, 3.63) is 56.9 Å². The lowest BCUT2D eigenvalue weighted by Gasteiger charge is -2.07. The zero-order valence-electron chi connectivity index (χ0n) is 17.1. The van der Waals surface area contributed by atoms with Crippen LogP contribution in [0.25, 0.3) is 6.08 Å². The Bertz CT molecular complexity index is 1030. The standard InChI is InChI=1S/C21H21ClN2O6S/c1-4-29-21(28)17-12(2)18(19(27)23-3)31-20(17)24-15(25)11-30-16(26)9-8-13-6-5-7-14(22)10-13/h5-10H,4,11H2,1-3H3,(H,23,27)(H,24,25)/b9-8+. The number of hydrogen-bond acceptors (Lipinski definition) is 7. The van der Waals surface area contributed by atoms with Gasteiger partial charge in [0.15, 0.2) is 6.61 Å². The molecule has 0 bridgehead atoms. The number of amides is 2. The minimum atomic E-state index is -0.728. The van der Waals surface area contributed by atoms with Gasteiger partial charge in [0.2, 0.25) is 0 Å². The van der Waals surface area contributed by atoms with Crippen LogP contribution in [0.15, 0.2) is 30.3 Å². The van der Waals surface area contributed by atoms with Crippen molar-refractivity contribution >= 4 is 57.8 Å². The highest BCUT2D eigenvalue weighted by Crippen LogP contribution is 2.33. The van der Waals surface area contributed by atoms with E-state index in [0.717, 1.165) is 11.3 Å². The van der Waals surface area contributed by atoms with E-state index in [0.29, 0.717) is 16.1 Å². The number of benzene rings is 1. The van der Waals surface area contributed by atoms with Gasteiger partial charge in [0.05, 0.1) is 17.0 Å². The summed E-state index contributed by atoms with van der Waals surface area (Å²) in [5.41, 5.74) is 1.18. The maximum absolute atomic E-state index is 12.3. The molecule has 2 aromatic rings. The first kappa shape index (κ1) is 24.1. The first-order valence-corrected chi connectivity index (χ1v) is 10.4. The van der Waals surface area contributed by atoms with E-state index in [1.165, 1.54) is 19.2 Å². The lowest BCUT2D eigenvalue weighted by atomic mass is 10.1. The molecule has 0 atom stereocenters. The molecule has 2 amide bonds. The highest BCUT2D eigenvalue weighted by molar-refractivity contribution is 7.18. The number of ether oxygens (including phenoxy) is 2. The molecule has 0 saturated heterocycles. The Hall–Kier alpha value is -3.17. The average Bonchev–Trinajstić information content (AvgIpc) is 3.06. The Labute approximate surface area is 188 Å². The molecule has 0 aliphatic heterocycles. The number of rotatable bonds is 8. The van der Waals surface area contributed by atoms with Gasteiger partial charge in [0.25, 0.3) is 11.8 Å². The van der Waals surface area contributed by atoms with Crippen LogP contribution in [-0.4, -0.2) is 44.0 Å². The Balaban J connectivity index is 2.06. The summed E-state index contributed by atoms with van der Waals surface area (Å²) in [4.78, 5) is 48.7. The van der Waals surface area contributed by atoms with Gasteiger partial charge in [-0.1, -0.05) is 23.7 Å². The van der Waals surface area contributed by atoms with Gasteiger partial charge in [0, 0.05) is 18.1 Å². The first-order valence-electron chi connectivity index (χ1n) is 9.19. The van der Waals surface area contributed by atoms with Crippen molar-refractivity contribution in [2.45, 2.75) is 13.8 Å². The summed E-state index contributed by atoms with van der Waals surface area (Å²) >= 11 is 6.81. The molecule has 2 rings (SSSR count). The number of nitrogens with one attached hydrogen (secondary N) is 2. The van der Waals surface area contributed by atoms with Crippen LogP contribution < -0.4 is 10.6 Å². The second-order valence-electron chi connectivity index (χ2n) is 6.10. The minimum absolute atomic E-state index is 0.0889. The summed E-state index contributed by atoms with van der Waals surface area (Å²) in [6, 6.07) is 6.85. The number of halogens is 1. The predicted octanol–water partition coefficient (Wildman–Crippen LogP) is 3.44. The summed E-state index contributed by atoms with van der Waals surface area (Å²) in [5.74, 6) is -2.46. The molecule has 0 saturated carbocycles. The van der Waals surface area contributed by atoms with Crippen LogP contribution in [-0.2, 0) is 19.1 Å². The molecule has 31 heavy (non-hydrogen) atoms. The Morgan fingerprint density at radius 3 is 2.58 bits per heavy atom. The quantitative estimate of drug-likeness (QED) is 0.457. The Morgan fingerprint density at radius 2 is 1.94 bits per heavy atom. The summed E-state index contributed by atoms with van der Waals surface area (Å²) in [7, 11) is 1.46. The van der Waals surface area contributed by atoms with Gasteiger partial charge in [-0.15, -0.1) is 11.3 Å². The molecule has 0 fully saturated rings. The molecular weight excluding hydrogens is 444 g/mol. The van der Waals surface area contributed by atoms with Crippen molar-refractivity contribution in [3.63, 3.8) is 0 Å². The van der Waals surface area contributed by atoms with Gasteiger partial charge in [0.1, 0.15) is 5.00 Å². The van der Waals surface area contributed by atoms with E-state index < -0.39 is 30.4 Å². The molecule has 0 aliphatic rings. The van der Waals surface area contributed by atoms with Crippen molar-refractivity contribution in [2.75, 3.05) is 25.6 Å². The average molecular weight is 465 g/mol. The van der Waals surface area contributed by atoms with Crippen molar-refractivity contribution in [1.82, 2.24) is 5.32 Å². The molecule has 0 spiro atoms. The number of carbonyl (C=O) groups is 4. The number of hydrogen-bond donors (Lipinski definition) is 2. The third kappa shape index (κ3) is 6.66. The van der Waals surface area contributed by atoms with Crippen LogP contribution in [0.4, 0.5) is 5.00 Å². The maximum Gasteiger partial charge on any atom is 0.341 e. The highest BCUT2D eigenvalue weighted by atomic mass is 35.5. The van der Waals surface area contributed by atoms with Crippen LogP contribution in [0.3, 0.4) is 0 Å². The molecule has 0 aliphatic carbocycles. The second-order valence-corrected chi connectivity index (χ2v) is 7.56. The smallest absolute Gasteiger partial charge is 0.341 e. The molecule has 10 heteroatoms. The SMILES string of the molecule is CCOC(=O)c1c(NC(=O)COC(=O)/C=C/c2cccc(Cl)c2)sc(C(=O)NC)c1C. The third-order valence-electron chi connectivity index (χ3n) is 3.92. The molecule has 164 valence electrons. The van der Waals surface area contributed by atoms with E-state index in [-0.39, 0.29) is 22.0 Å². The summed E-state index contributed by atoms with van der Waals surface area (Å²) in [5, 5.41) is 5.65. The van der Waals surface area contributed by atoms with Crippen molar-refractivity contribution in [1.29, 1.82) is 0 Å². The summed E-state index contributed by atoms with van der Waals surface area (Å²) < 4.78 is 9.94. The number of anilines is 1. The fourth-order valence-corrected chi connectivity index (χ4v) is 3.86. The maximum atomic E-state index is 12.3. The molecule has 1 heterocycles. The van der Waals surface area contributed by atoms with Crippen LogP contribution in [0, 0.1) is 6.92 Å². The monoisotopic (exact) mass is 464 g/mol. The Kier molecular flexibility index (Phi) is 8.77. The van der Waals surface area contributed by atoms with Gasteiger partial charge in [-0.25, -0.2) is 9.59 Å². The topological polar surface area (TPSA) is 111 Å². The third-order valence-corrected chi connectivity index (χ3v) is 5.36. The zero-order valence-corrected chi connectivity index (χ0v) is 18.7. The molecule has 0 radical (unpaired) electrons.